The first kappa shape index (κ1) is 47.7. The molecular formula is C50H66N2O8. The van der Waals surface area contributed by atoms with E-state index in [2.05, 4.69) is 9.80 Å². The van der Waals surface area contributed by atoms with E-state index in [4.69, 9.17) is 9.47 Å². The van der Waals surface area contributed by atoms with Crippen molar-refractivity contribution in [2.75, 3.05) is 0 Å². The van der Waals surface area contributed by atoms with Gasteiger partial charge in [-0.25, -0.2) is 9.59 Å². The third kappa shape index (κ3) is 12.8. The second kappa shape index (κ2) is 22.0. The highest BCUT2D eigenvalue weighted by atomic mass is 16.6. The van der Waals surface area contributed by atoms with Crippen LogP contribution in [0.4, 0.5) is 0 Å². The summed E-state index contributed by atoms with van der Waals surface area (Å²) in [5.41, 5.74) is 4.28. The summed E-state index contributed by atoms with van der Waals surface area (Å²) >= 11 is 0. The maximum Gasteiger partial charge on any atom is 0.332 e. The largest absolute Gasteiger partial charge is 0.508 e. The Labute approximate surface area is 357 Å². The van der Waals surface area contributed by atoms with Gasteiger partial charge in [0.05, 0.1) is 12.2 Å². The lowest BCUT2D eigenvalue weighted by Gasteiger charge is -2.39. The third-order valence-corrected chi connectivity index (χ3v) is 11.0. The molecule has 0 aliphatic carbocycles. The zero-order valence-corrected chi connectivity index (χ0v) is 36.9. The minimum absolute atomic E-state index is 0.0392. The second-order valence-corrected chi connectivity index (χ2v) is 16.8. The Morgan fingerprint density at radius 2 is 0.817 bits per heavy atom. The fraction of sp³-hybridized carbons (Fsp3) is 0.440. The molecule has 0 bridgehead atoms. The normalized spacial score (nSPS) is 15.2. The van der Waals surface area contributed by atoms with Crippen LogP contribution in [0.15, 0.2) is 109 Å². The molecule has 60 heavy (non-hydrogen) atoms. The molecule has 0 saturated carbocycles. The van der Waals surface area contributed by atoms with Gasteiger partial charge in [-0.05, 0) is 116 Å². The number of carbonyl (C=O) groups excluding carboxylic acids is 2. The monoisotopic (exact) mass is 822 g/mol. The van der Waals surface area contributed by atoms with E-state index in [1.54, 1.807) is 50.2 Å². The highest BCUT2D eigenvalue weighted by Crippen LogP contribution is 2.40. The summed E-state index contributed by atoms with van der Waals surface area (Å²) in [6.07, 6.45) is -0.346. The zero-order valence-electron chi connectivity index (χ0n) is 36.9. The highest BCUT2D eigenvalue weighted by molar-refractivity contribution is 5.91. The average molecular weight is 823 g/mol. The molecule has 324 valence electrons. The predicted molar refractivity (Wildman–Crippen MR) is 236 cm³/mol. The van der Waals surface area contributed by atoms with Crippen LogP contribution in [0.1, 0.15) is 140 Å². The molecule has 4 aromatic rings. The van der Waals surface area contributed by atoms with Gasteiger partial charge in [0.1, 0.15) is 11.5 Å². The molecule has 4 unspecified atom stereocenters. The van der Waals surface area contributed by atoms with E-state index in [1.165, 1.54) is 0 Å². The Bertz CT molecular complexity index is 1840. The van der Waals surface area contributed by atoms with Gasteiger partial charge in [0, 0.05) is 72.1 Å². The first-order valence-corrected chi connectivity index (χ1v) is 21.1. The minimum atomic E-state index is -0.778. The number of phenols is 2. The summed E-state index contributed by atoms with van der Waals surface area (Å²) in [5.74, 6) is -2.19. The number of ether oxygens (including phenoxy) is 2. The number of aromatic hydroxyl groups is 2. The van der Waals surface area contributed by atoms with Crippen LogP contribution in [0.5, 0.6) is 11.5 Å². The molecule has 10 heteroatoms. The van der Waals surface area contributed by atoms with E-state index in [0.717, 1.165) is 23.3 Å². The van der Waals surface area contributed by atoms with Gasteiger partial charge >= 0.3 is 11.9 Å². The number of hydrogen-bond donors (Lipinski definition) is 4. The van der Waals surface area contributed by atoms with Crippen molar-refractivity contribution in [3.63, 3.8) is 0 Å². The highest BCUT2D eigenvalue weighted by Gasteiger charge is 2.34. The summed E-state index contributed by atoms with van der Waals surface area (Å²) < 4.78 is 12.5. The van der Waals surface area contributed by atoms with E-state index in [1.807, 2.05) is 116 Å². The molecule has 4 N–H and O–H groups in total. The first-order chi connectivity index (χ1) is 28.4. The van der Waals surface area contributed by atoms with Crippen LogP contribution in [-0.2, 0) is 19.1 Å². The number of nitrogens with zero attached hydrogens (tertiary/aromatic N) is 2. The molecule has 0 aromatic heterocycles. The van der Waals surface area contributed by atoms with E-state index < -0.39 is 48.4 Å². The molecule has 0 aliphatic heterocycles. The van der Waals surface area contributed by atoms with E-state index in [0.29, 0.717) is 22.3 Å². The maximum absolute atomic E-state index is 13.8. The van der Waals surface area contributed by atoms with Crippen LogP contribution in [0.25, 0.3) is 0 Å². The Morgan fingerprint density at radius 1 is 0.500 bits per heavy atom. The van der Waals surface area contributed by atoms with Gasteiger partial charge in [-0.15, -0.1) is 0 Å². The summed E-state index contributed by atoms with van der Waals surface area (Å²) in [4.78, 5) is 31.8. The Kier molecular flexibility index (Phi) is 17.5. The van der Waals surface area contributed by atoms with Gasteiger partial charge in [0.25, 0.3) is 0 Å². The summed E-state index contributed by atoms with van der Waals surface area (Å²) in [5, 5.41) is 43.2. The smallest absolute Gasteiger partial charge is 0.332 e. The number of aliphatic hydroxyl groups excluding tert-OH is 2. The molecule has 0 saturated heterocycles. The minimum Gasteiger partial charge on any atom is -0.508 e. The Balaban J connectivity index is 1.68. The standard InChI is InChI=1S/C50H66N2O8/c1-31(2)51(32(3)4)47(29-41(37-17-13-11-14-18-37)43-27-39(35(9)53)21-23-45(43)55)59-49(57)25-26-50(58)60-48(52(33(5)6)34(7)8)30-42(38-19-15-12-16-20-38)44-28-40(36(10)54)22-24-46(44)56/h11-28,31-36,41-42,47-48,53-56H,29-30H2,1-10H3/b26-25+/t35?,36?,41-,42-,47?,48?/m1/s1. The quantitative estimate of drug-likeness (QED) is 0.0387. The van der Waals surface area contributed by atoms with Crippen LogP contribution in [0.3, 0.4) is 0 Å². The van der Waals surface area contributed by atoms with Crippen LogP contribution in [0.2, 0.25) is 0 Å². The number of carbonyl (C=O) groups is 2. The third-order valence-electron chi connectivity index (χ3n) is 11.0. The SMILES string of the molecule is CC(O)c1ccc(O)c([C@H](CC(OC(=O)/C=C/C(=O)OC(C[C@H](c2ccccc2)c2cc(C(C)O)ccc2O)N(C(C)C)C(C)C)N(C(C)C)C(C)C)c2ccccc2)c1. The summed E-state index contributed by atoms with van der Waals surface area (Å²) in [6, 6.07) is 29.3. The Hall–Kier alpha value is -5.00. The fourth-order valence-electron chi connectivity index (χ4n) is 8.35. The number of rotatable bonds is 20. The van der Waals surface area contributed by atoms with Gasteiger partial charge in [0.15, 0.2) is 12.5 Å². The van der Waals surface area contributed by atoms with Crippen LogP contribution in [-0.4, -0.2) is 78.8 Å². The van der Waals surface area contributed by atoms with Gasteiger partial charge in [-0.2, -0.15) is 0 Å². The Morgan fingerprint density at radius 3 is 1.10 bits per heavy atom. The van der Waals surface area contributed by atoms with Crippen molar-refractivity contribution in [2.24, 2.45) is 0 Å². The fourth-order valence-corrected chi connectivity index (χ4v) is 8.35. The summed E-state index contributed by atoms with van der Waals surface area (Å²) in [6.45, 7) is 19.5. The molecule has 0 heterocycles. The van der Waals surface area contributed by atoms with Gasteiger partial charge in [0.2, 0.25) is 0 Å². The molecular weight excluding hydrogens is 757 g/mol. The second-order valence-electron chi connectivity index (χ2n) is 16.8. The van der Waals surface area contributed by atoms with Crippen molar-refractivity contribution in [1.82, 2.24) is 9.80 Å². The van der Waals surface area contributed by atoms with Crippen molar-refractivity contribution in [3.8, 4) is 11.5 Å². The van der Waals surface area contributed by atoms with E-state index in [-0.39, 0.29) is 48.5 Å². The average Bonchev–Trinajstić information content (AvgIpc) is 3.18. The number of hydrogen-bond acceptors (Lipinski definition) is 10. The number of aliphatic hydroxyl groups is 2. The van der Waals surface area contributed by atoms with Gasteiger partial charge in [-0.3, -0.25) is 9.80 Å². The topological polar surface area (TPSA) is 140 Å². The number of esters is 2. The van der Waals surface area contributed by atoms with Crippen molar-refractivity contribution in [3.05, 3.63) is 143 Å². The van der Waals surface area contributed by atoms with Crippen LogP contribution < -0.4 is 0 Å². The molecule has 4 rings (SSSR count). The van der Waals surface area contributed by atoms with Crippen molar-refractivity contribution in [2.45, 2.75) is 143 Å². The molecule has 6 atom stereocenters. The lowest BCUT2D eigenvalue weighted by molar-refractivity contribution is -0.161. The van der Waals surface area contributed by atoms with Gasteiger partial charge < -0.3 is 29.9 Å². The van der Waals surface area contributed by atoms with Crippen molar-refractivity contribution < 1.29 is 39.5 Å². The van der Waals surface area contributed by atoms with Crippen molar-refractivity contribution >= 4 is 11.9 Å². The van der Waals surface area contributed by atoms with Gasteiger partial charge in [-0.1, -0.05) is 72.8 Å². The number of benzene rings is 4. The van der Waals surface area contributed by atoms with E-state index in [9.17, 15) is 30.0 Å². The maximum atomic E-state index is 13.8. The predicted octanol–water partition coefficient (Wildman–Crippen LogP) is 9.48. The molecule has 0 fully saturated rings. The summed E-state index contributed by atoms with van der Waals surface area (Å²) in [7, 11) is 0. The molecule has 10 nitrogen and oxygen atoms in total. The lowest BCUT2D eigenvalue weighted by Crippen LogP contribution is -2.48. The van der Waals surface area contributed by atoms with Crippen molar-refractivity contribution in [1.29, 1.82) is 0 Å². The van der Waals surface area contributed by atoms with E-state index >= 15 is 0 Å². The molecule has 4 aromatic carbocycles. The number of phenolic OH excluding ortho intramolecular Hbond substituents is 2. The molecule has 0 amide bonds. The zero-order chi connectivity index (χ0) is 44.3. The lowest BCUT2D eigenvalue weighted by atomic mass is 9.85. The van der Waals surface area contributed by atoms with Crippen LogP contribution >= 0.6 is 0 Å². The molecule has 0 radical (unpaired) electrons. The molecule has 0 aliphatic rings. The van der Waals surface area contributed by atoms with Crippen LogP contribution in [0, 0.1) is 0 Å². The molecule has 0 spiro atoms. The first-order valence-electron chi connectivity index (χ1n) is 21.1.